The fourth-order valence-corrected chi connectivity index (χ4v) is 3.34. The Labute approximate surface area is 193 Å². The van der Waals surface area contributed by atoms with Crippen LogP contribution in [0.5, 0.6) is 0 Å². The van der Waals surface area contributed by atoms with Crippen LogP contribution in [0.15, 0.2) is 0 Å². The molecule has 0 aromatic heterocycles. The van der Waals surface area contributed by atoms with Crippen molar-refractivity contribution in [1.82, 2.24) is 16.0 Å². The van der Waals surface area contributed by atoms with Crippen LogP contribution in [0.1, 0.15) is 46.0 Å². The molecule has 3 amide bonds. The summed E-state index contributed by atoms with van der Waals surface area (Å²) in [6, 6.07) is -4.18. The summed E-state index contributed by atoms with van der Waals surface area (Å²) in [6.07, 6.45) is 3.84. The number of carboxylic acid groups (broad SMARTS) is 1. The van der Waals surface area contributed by atoms with Gasteiger partial charge >= 0.3 is 5.97 Å². The Balaban J connectivity index is 5.35. The van der Waals surface area contributed by atoms with Crippen molar-refractivity contribution >= 4 is 35.5 Å². The van der Waals surface area contributed by atoms with E-state index >= 15 is 0 Å². The highest BCUT2D eigenvalue weighted by atomic mass is 32.2. The maximum Gasteiger partial charge on any atom is 0.326 e. The van der Waals surface area contributed by atoms with Crippen LogP contribution in [0.3, 0.4) is 0 Å². The number of nitrogens with two attached hydrogens (primary N) is 2. The predicted molar refractivity (Wildman–Crippen MR) is 124 cm³/mol. The molecule has 0 aliphatic rings. The van der Waals surface area contributed by atoms with Gasteiger partial charge in [-0.25, -0.2) is 4.79 Å². The zero-order valence-corrected chi connectivity index (χ0v) is 20.0. The number of unbranched alkanes of at least 4 members (excludes halogenated alkanes) is 1. The molecule has 0 aromatic rings. The Bertz CT molecular complexity index is 607. The van der Waals surface area contributed by atoms with E-state index in [4.69, 9.17) is 16.6 Å². The predicted octanol–water partition coefficient (Wildman–Crippen LogP) is -1.23. The summed E-state index contributed by atoms with van der Waals surface area (Å²) < 4.78 is 0. The van der Waals surface area contributed by atoms with E-state index in [1.165, 1.54) is 11.8 Å². The van der Waals surface area contributed by atoms with Crippen molar-refractivity contribution in [3.8, 4) is 0 Å². The van der Waals surface area contributed by atoms with Crippen molar-refractivity contribution in [3.05, 3.63) is 0 Å². The number of carbonyl (C=O) groups is 4. The highest BCUT2D eigenvalue weighted by Gasteiger charge is 2.30. The molecule has 0 aliphatic carbocycles. The fraction of sp³-hybridized carbons (Fsp3) is 0.800. The number of aliphatic hydroxyl groups is 1. The quantitative estimate of drug-likeness (QED) is 0.125. The number of thioether (sulfide) groups is 1. The molecule has 0 fully saturated rings. The van der Waals surface area contributed by atoms with Gasteiger partial charge in [0.05, 0.1) is 6.61 Å². The summed E-state index contributed by atoms with van der Waals surface area (Å²) in [5.41, 5.74) is 11.0. The van der Waals surface area contributed by atoms with Gasteiger partial charge in [-0.05, 0) is 56.6 Å². The molecule has 0 saturated carbocycles. The van der Waals surface area contributed by atoms with Crippen molar-refractivity contribution in [2.24, 2.45) is 17.4 Å². The third-order valence-corrected chi connectivity index (χ3v) is 5.32. The molecule has 4 unspecified atom stereocenters. The summed E-state index contributed by atoms with van der Waals surface area (Å²) in [6.45, 7) is 3.60. The van der Waals surface area contributed by atoms with Crippen LogP contribution >= 0.6 is 11.8 Å². The lowest BCUT2D eigenvalue weighted by Crippen LogP contribution is -2.57. The number of carbonyl (C=O) groups excluding carboxylic acids is 3. The first-order valence-electron chi connectivity index (χ1n) is 10.8. The average Bonchev–Trinajstić information content (AvgIpc) is 2.73. The van der Waals surface area contributed by atoms with E-state index in [0.717, 1.165) is 0 Å². The molecular weight excluding hydrogens is 438 g/mol. The minimum Gasteiger partial charge on any atom is -0.480 e. The lowest BCUT2D eigenvalue weighted by Gasteiger charge is -2.26. The van der Waals surface area contributed by atoms with Crippen LogP contribution < -0.4 is 27.4 Å². The number of hydrogen-bond donors (Lipinski definition) is 7. The molecule has 12 heteroatoms. The number of aliphatic hydroxyl groups excluding tert-OH is 1. The van der Waals surface area contributed by atoms with Crippen LogP contribution in [-0.4, -0.2) is 83.2 Å². The Morgan fingerprint density at radius 1 is 0.906 bits per heavy atom. The van der Waals surface area contributed by atoms with Crippen LogP contribution in [-0.2, 0) is 19.2 Å². The summed E-state index contributed by atoms with van der Waals surface area (Å²) in [4.78, 5) is 49.3. The third-order valence-electron chi connectivity index (χ3n) is 4.68. The number of carboxylic acids is 1. The van der Waals surface area contributed by atoms with Gasteiger partial charge in [0.25, 0.3) is 0 Å². The van der Waals surface area contributed by atoms with Gasteiger partial charge in [-0.1, -0.05) is 13.8 Å². The van der Waals surface area contributed by atoms with Crippen molar-refractivity contribution in [2.45, 2.75) is 70.1 Å². The Hall–Kier alpha value is -1.89. The second kappa shape index (κ2) is 16.7. The number of aliphatic carboxylic acids is 1. The second-order valence-electron chi connectivity index (χ2n) is 8.01. The minimum atomic E-state index is -1.17. The molecule has 4 atom stereocenters. The van der Waals surface area contributed by atoms with Crippen LogP contribution in [0.4, 0.5) is 0 Å². The third kappa shape index (κ3) is 12.2. The molecule has 0 heterocycles. The summed E-state index contributed by atoms with van der Waals surface area (Å²) in [7, 11) is 0. The zero-order chi connectivity index (χ0) is 24.7. The van der Waals surface area contributed by atoms with Crippen molar-refractivity contribution in [3.63, 3.8) is 0 Å². The van der Waals surface area contributed by atoms with Crippen LogP contribution in [0.25, 0.3) is 0 Å². The molecule has 9 N–H and O–H groups in total. The van der Waals surface area contributed by atoms with E-state index in [2.05, 4.69) is 16.0 Å². The van der Waals surface area contributed by atoms with Gasteiger partial charge in [-0.2, -0.15) is 11.8 Å². The highest BCUT2D eigenvalue weighted by Crippen LogP contribution is 2.09. The lowest BCUT2D eigenvalue weighted by molar-refractivity contribution is -0.142. The minimum absolute atomic E-state index is 0.0358. The van der Waals surface area contributed by atoms with Gasteiger partial charge in [-0.15, -0.1) is 0 Å². The standard InChI is InChI=1S/C20H39N5O6S/c1-12(2)10-16(19(29)24-15(20(30)31)6-4-5-8-21)25-18(28)14(7-9-32-3)23-17(27)13(22)11-26/h12-16,26H,4-11,21-22H2,1-3H3,(H,23,27)(H,24,29)(H,25,28)(H,30,31). The molecule has 0 spiro atoms. The average molecular weight is 478 g/mol. The Kier molecular flexibility index (Phi) is 15.7. The summed E-state index contributed by atoms with van der Waals surface area (Å²) >= 11 is 1.48. The first-order chi connectivity index (χ1) is 15.1. The van der Waals surface area contributed by atoms with E-state index in [1.54, 1.807) is 0 Å². The van der Waals surface area contributed by atoms with E-state index in [0.29, 0.717) is 31.6 Å². The summed E-state index contributed by atoms with van der Waals surface area (Å²) in [5, 5.41) is 26.1. The molecule has 11 nitrogen and oxygen atoms in total. The summed E-state index contributed by atoms with van der Waals surface area (Å²) in [5.74, 6) is -2.41. The van der Waals surface area contributed by atoms with Gasteiger partial charge in [0, 0.05) is 0 Å². The SMILES string of the molecule is CSCCC(NC(=O)C(N)CO)C(=O)NC(CC(C)C)C(=O)NC(CCCCN)C(=O)O. The second-order valence-corrected chi connectivity index (χ2v) is 8.99. The van der Waals surface area contributed by atoms with Crippen LogP contribution in [0.2, 0.25) is 0 Å². The first kappa shape index (κ1) is 30.1. The van der Waals surface area contributed by atoms with E-state index in [-0.39, 0.29) is 18.8 Å². The largest absolute Gasteiger partial charge is 0.480 e. The lowest BCUT2D eigenvalue weighted by atomic mass is 10.0. The van der Waals surface area contributed by atoms with Gasteiger partial charge in [-0.3, -0.25) is 14.4 Å². The van der Waals surface area contributed by atoms with E-state index < -0.39 is 54.5 Å². The van der Waals surface area contributed by atoms with Gasteiger partial charge < -0.3 is 37.6 Å². The number of hydrogen-bond acceptors (Lipinski definition) is 8. The maximum atomic E-state index is 12.9. The smallest absolute Gasteiger partial charge is 0.326 e. The maximum absolute atomic E-state index is 12.9. The van der Waals surface area contributed by atoms with E-state index in [1.807, 2.05) is 20.1 Å². The number of nitrogens with one attached hydrogen (secondary N) is 3. The normalized spacial score (nSPS) is 14.8. The zero-order valence-electron chi connectivity index (χ0n) is 19.1. The van der Waals surface area contributed by atoms with Gasteiger partial charge in [0.1, 0.15) is 24.2 Å². The van der Waals surface area contributed by atoms with Crippen molar-refractivity contribution in [2.75, 3.05) is 25.2 Å². The molecule has 32 heavy (non-hydrogen) atoms. The molecule has 0 rings (SSSR count). The number of amides is 3. The van der Waals surface area contributed by atoms with Gasteiger partial charge in [0.2, 0.25) is 17.7 Å². The molecular formula is C20H39N5O6S. The molecule has 0 aliphatic heterocycles. The Morgan fingerprint density at radius 3 is 1.97 bits per heavy atom. The molecule has 186 valence electrons. The highest BCUT2D eigenvalue weighted by molar-refractivity contribution is 7.98. The molecule has 0 saturated heterocycles. The van der Waals surface area contributed by atoms with Crippen molar-refractivity contribution in [1.29, 1.82) is 0 Å². The first-order valence-corrected chi connectivity index (χ1v) is 12.2. The monoisotopic (exact) mass is 477 g/mol. The fourth-order valence-electron chi connectivity index (χ4n) is 2.86. The number of rotatable bonds is 17. The molecule has 0 radical (unpaired) electrons. The topological polar surface area (TPSA) is 197 Å². The molecule has 0 bridgehead atoms. The van der Waals surface area contributed by atoms with E-state index in [9.17, 15) is 24.3 Å². The van der Waals surface area contributed by atoms with Gasteiger partial charge in [0.15, 0.2) is 0 Å². The van der Waals surface area contributed by atoms with Crippen LogP contribution in [0, 0.1) is 5.92 Å². The van der Waals surface area contributed by atoms with Crippen molar-refractivity contribution < 1.29 is 29.4 Å². The molecule has 0 aromatic carbocycles. The Morgan fingerprint density at radius 2 is 1.47 bits per heavy atom.